The number of benzene rings is 1. The van der Waals surface area contributed by atoms with Crippen LogP contribution in [-0.2, 0) is 4.74 Å². The van der Waals surface area contributed by atoms with Crippen LogP contribution in [-0.4, -0.2) is 37.2 Å². The van der Waals surface area contributed by atoms with Crippen molar-refractivity contribution in [3.63, 3.8) is 0 Å². The normalized spacial score (nSPS) is 13.2. The van der Waals surface area contributed by atoms with Gasteiger partial charge in [-0.15, -0.1) is 0 Å². The SMILES string of the molecule is CC.CCC(C)(C)CCCOCC(C)(C)NCO.Cc1cccc(OCC2CC2)c1.[HH].[U]. The van der Waals surface area contributed by atoms with Gasteiger partial charge in [-0.2, -0.15) is 0 Å². The van der Waals surface area contributed by atoms with Crippen molar-refractivity contribution in [3.05, 3.63) is 29.8 Å². The Hall–Kier alpha value is -0.0481. The molecule has 5 heteroatoms. The van der Waals surface area contributed by atoms with Gasteiger partial charge in [-0.1, -0.05) is 53.2 Å². The van der Waals surface area contributed by atoms with Gasteiger partial charge in [0.25, 0.3) is 0 Å². The minimum atomic E-state index is -0.144. The molecule has 1 saturated carbocycles. The monoisotopic (exact) mass is 663 g/mol. The van der Waals surface area contributed by atoms with E-state index >= 15 is 0 Å². The minimum Gasteiger partial charge on any atom is -0.493 e. The van der Waals surface area contributed by atoms with Gasteiger partial charge in [0, 0.05) is 44.7 Å². The Balaban J connectivity index is -0.000000470. The molecule has 31 heavy (non-hydrogen) atoms. The van der Waals surface area contributed by atoms with Crippen LogP contribution in [0.2, 0.25) is 0 Å². The third-order valence-electron chi connectivity index (χ3n) is 5.29. The number of hydrogen-bond donors (Lipinski definition) is 2. The fraction of sp³-hybridized carbons (Fsp3) is 0.769. The topological polar surface area (TPSA) is 50.7 Å². The molecular weight excluding hydrogens is 612 g/mol. The van der Waals surface area contributed by atoms with Gasteiger partial charge < -0.3 is 14.6 Å². The molecule has 2 rings (SSSR count). The fourth-order valence-electron chi connectivity index (χ4n) is 2.63. The zero-order valence-electron chi connectivity index (χ0n) is 21.5. The van der Waals surface area contributed by atoms with E-state index in [4.69, 9.17) is 14.6 Å². The third-order valence-corrected chi connectivity index (χ3v) is 5.29. The molecule has 0 aliphatic heterocycles. The molecule has 0 unspecified atom stereocenters. The fourth-order valence-corrected chi connectivity index (χ4v) is 2.63. The van der Waals surface area contributed by atoms with Crippen molar-refractivity contribution in [2.45, 2.75) is 93.0 Å². The molecule has 0 bridgehead atoms. The Kier molecular flexibility index (Phi) is 19.6. The number of aryl methyl sites for hydroxylation is 1. The van der Waals surface area contributed by atoms with Crippen LogP contribution in [0.1, 0.15) is 87.6 Å². The van der Waals surface area contributed by atoms with Crippen LogP contribution in [0.5, 0.6) is 5.75 Å². The summed E-state index contributed by atoms with van der Waals surface area (Å²) < 4.78 is 11.2. The van der Waals surface area contributed by atoms with E-state index in [1.54, 1.807) is 0 Å². The van der Waals surface area contributed by atoms with Crippen LogP contribution >= 0.6 is 0 Å². The Morgan fingerprint density at radius 2 is 1.81 bits per heavy atom. The second kappa shape index (κ2) is 18.4. The van der Waals surface area contributed by atoms with Gasteiger partial charge >= 0.3 is 0 Å². The molecule has 0 heterocycles. The van der Waals surface area contributed by atoms with Crippen LogP contribution in [0, 0.1) is 49.4 Å². The summed E-state index contributed by atoms with van der Waals surface area (Å²) in [6.07, 6.45) is 6.23. The largest absolute Gasteiger partial charge is 0.493 e. The van der Waals surface area contributed by atoms with E-state index in [-0.39, 0.29) is 44.8 Å². The number of nitrogens with one attached hydrogen (secondary N) is 1. The number of aliphatic hydroxyl groups excluding tert-OH is 1. The Morgan fingerprint density at radius 3 is 2.32 bits per heavy atom. The van der Waals surface area contributed by atoms with Gasteiger partial charge in [-0.05, 0) is 75.5 Å². The van der Waals surface area contributed by atoms with Crippen molar-refractivity contribution in [2.75, 3.05) is 26.6 Å². The Bertz CT molecular complexity index is 552. The zero-order valence-corrected chi connectivity index (χ0v) is 25.7. The summed E-state index contributed by atoms with van der Waals surface area (Å²) in [6.45, 7) is 19.3. The van der Waals surface area contributed by atoms with Gasteiger partial charge in [0.1, 0.15) is 5.75 Å². The van der Waals surface area contributed by atoms with Gasteiger partial charge in [-0.3, -0.25) is 5.32 Å². The van der Waals surface area contributed by atoms with Gasteiger partial charge in [0.15, 0.2) is 0 Å². The van der Waals surface area contributed by atoms with E-state index in [2.05, 4.69) is 45.1 Å². The number of ether oxygens (including phenoxy) is 2. The second-order valence-electron chi connectivity index (χ2n) is 9.46. The van der Waals surface area contributed by atoms with Crippen molar-refractivity contribution in [1.29, 1.82) is 0 Å². The van der Waals surface area contributed by atoms with E-state index < -0.39 is 0 Å². The molecule has 0 atom stereocenters. The Labute approximate surface area is 218 Å². The average molecular weight is 664 g/mol. The van der Waals surface area contributed by atoms with Crippen LogP contribution in [0.25, 0.3) is 0 Å². The van der Waals surface area contributed by atoms with Crippen LogP contribution in [0.4, 0.5) is 0 Å². The molecular formula is C26H51NO3U. The van der Waals surface area contributed by atoms with Gasteiger partial charge in [-0.25, -0.2) is 0 Å². The standard InChI is InChI=1S/C13H29NO2.C11H14O.C2H6.U.H2/c1-6-12(2,3)8-7-9-16-10-13(4,5)14-11-15;1-9-3-2-4-11(7-9)12-8-10-5-6-10;1-2;;/h14-15H,6-11H2,1-5H3;2-4,7,10H,5-6,8H2,1H3;1-2H3;;1H. The number of rotatable bonds is 12. The number of hydrogen-bond acceptors (Lipinski definition) is 4. The van der Waals surface area contributed by atoms with Crippen LogP contribution < -0.4 is 10.1 Å². The predicted molar refractivity (Wildman–Crippen MR) is 131 cm³/mol. The summed E-state index contributed by atoms with van der Waals surface area (Å²) in [7, 11) is 0. The summed E-state index contributed by atoms with van der Waals surface area (Å²) in [4.78, 5) is 0. The number of aliphatic hydroxyl groups is 1. The van der Waals surface area contributed by atoms with Crippen molar-refractivity contribution < 1.29 is 47.1 Å². The predicted octanol–water partition coefficient (Wildman–Crippen LogP) is 6.59. The first-order valence-electron chi connectivity index (χ1n) is 11.8. The molecule has 1 aromatic carbocycles. The first-order valence-corrected chi connectivity index (χ1v) is 11.8. The second-order valence-corrected chi connectivity index (χ2v) is 9.46. The average Bonchev–Trinajstić information content (AvgIpc) is 3.53. The Morgan fingerprint density at radius 1 is 1.16 bits per heavy atom. The summed E-state index contributed by atoms with van der Waals surface area (Å²) in [6, 6.07) is 8.24. The van der Waals surface area contributed by atoms with Crippen molar-refractivity contribution in [2.24, 2.45) is 11.3 Å². The molecule has 1 aliphatic rings. The summed E-state index contributed by atoms with van der Waals surface area (Å²) in [5, 5.41) is 11.7. The molecule has 1 aliphatic carbocycles. The first-order chi connectivity index (χ1) is 14.2. The zero-order chi connectivity index (χ0) is 23.0. The van der Waals surface area contributed by atoms with Crippen molar-refractivity contribution in [3.8, 4) is 5.75 Å². The molecule has 1 fully saturated rings. The molecule has 2 N–H and O–H groups in total. The van der Waals surface area contributed by atoms with E-state index in [0.29, 0.717) is 12.0 Å². The summed E-state index contributed by atoms with van der Waals surface area (Å²) >= 11 is 0. The first kappa shape index (κ1) is 33.1. The van der Waals surface area contributed by atoms with Crippen LogP contribution in [0.3, 0.4) is 0 Å². The third kappa shape index (κ3) is 19.2. The maximum atomic E-state index is 8.78. The van der Waals surface area contributed by atoms with Gasteiger partial charge in [0.2, 0.25) is 0 Å². The van der Waals surface area contributed by atoms with Crippen LogP contribution in [0.15, 0.2) is 24.3 Å². The smallest absolute Gasteiger partial charge is 0.119 e. The van der Waals surface area contributed by atoms with Crippen molar-refractivity contribution >= 4 is 0 Å². The molecule has 1 aromatic rings. The molecule has 0 saturated heterocycles. The minimum absolute atomic E-state index is 0. The van der Waals surface area contributed by atoms with Crippen molar-refractivity contribution in [1.82, 2.24) is 5.32 Å². The van der Waals surface area contributed by atoms with E-state index in [1.807, 2.05) is 39.8 Å². The van der Waals surface area contributed by atoms with E-state index in [9.17, 15) is 0 Å². The quantitative estimate of drug-likeness (QED) is 0.196. The maximum absolute atomic E-state index is 8.78. The van der Waals surface area contributed by atoms with Gasteiger partial charge in [0.05, 0.1) is 19.9 Å². The molecule has 0 spiro atoms. The molecule has 0 amide bonds. The maximum Gasteiger partial charge on any atom is 0.119 e. The van der Waals surface area contributed by atoms with E-state index in [0.717, 1.165) is 31.3 Å². The molecule has 0 aromatic heterocycles. The molecule has 182 valence electrons. The molecule has 4 nitrogen and oxygen atoms in total. The summed E-state index contributed by atoms with van der Waals surface area (Å²) in [5.41, 5.74) is 1.56. The molecule has 0 radical (unpaired) electrons. The van der Waals surface area contributed by atoms with E-state index in [1.165, 1.54) is 31.2 Å². The summed E-state index contributed by atoms with van der Waals surface area (Å²) in [5.74, 6) is 1.85.